The predicted octanol–water partition coefficient (Wildman–Crippen LogP) is 4.70. The van der Waals surface area contributed by atoms with Crippen LogP contribution in [0.3, 0.4) is 0 Å². The molecule has 3 heterocycles. The van der Waals surface area contributed by atoms with E-state index in [-0.39, 0.29) is 6.09 Å². The molecule has 0 saturated carbocycles. The number of pyridine rings is 1. The number of amides is 1. The van der Waals surface area contributed by atoms with E-state index in [2.05, 4.69) is 9.97 Å². The van der Waals surface area contributed by atoms with Gasteiger partial charge in [-0.1, -0.05) is 11.6 Å². The molecule has 29 heavy (non-hydrogen) atoms. The van der Waals surface area contributed by atoms with Crippen LogP contribution in [-0.2, 0) is 16.0 Å². The Morgan fingerprint density at radius 1 is 1.31 bits per heavy atom. The molecule has 0 aliphatic carbocycles. The second-order valence-corrected chi connectivity index (χ2v) is 9.03. The van der Waals surface area contributed by atoms with E-state index in [0.717, 1.165) is 20.8 Å². The summed E-state index contributed by atoms with van der Waals surface area (Å²) in [5.74, 6) is 0. The number of rotatable bonds is 7. The molecule has 7 nitrogen and oxygen atoms in total. The van der Waals surface area contributed by atoms with Crippen molar-refractivity contribution in [2.75, 3.05) is 26.8 Å². The summed E-state index contributed by atoms with van der Waals surface area (Å²) < 4.78 is 13.5. The zero-order valence-corrected chi connectivity index (χ0v) is 18.6. The van der Waals surface area contributed by atoms with Gasteiger partial charge in [0.25, 0.3) is 0 Å². The van der Waals surface area contributed by atoms with E-state index < -0.39 is 5.60 Å². The summed E-state index contributed by atoms with van der Waals surface area (Å²) in [7, 11) is 1.61. The lowest BCUT2D eigenvalue weighted by Gasteiger charge is -2.27. The lowest BCUT2D eigenvalue weighted by atomic mass is 10.2. The molecule has 0 aliphatic heterocycles. The molecule has 3 aromatic rings. The lowest BCUT2D eigenvalue weighted by Crippen LogP contribution is -2.40. The van der Waals surface area contributed by atoms with Crippen LogP contribution in [0, 0.1) is 0 Å². The Bertz CT molecular complexity index is 980. The van der Waals surface area contributed by atoms with Crippen LogP contribution in [0.2, 0.25) is 5.02 Å². The molecule has 1 amide bonds. The summed E-state index contributed by atoms with van der Waals surface area (Å²) in [6.45, 7) is 7.57. The highest BCUT2D eigenvalue weighted by molar-refractivity contribution is 7.22. The molecular formula is C20H25ClN4O3S. The topological polar surface area (TPSA) is 69.5 Å². The van der Waals surface area contributed by atoms with Crippen LogP contribution in [0.15, 0.2) is 30.9 Å². The Kier molecular flexibility index (Phi) is 6.77. The van der Waals surface area contributed by atoms with Gasteiger partial charge in [0.05, 0.1) is 38.7 Å². The fourth-order valence-corrected chi connectivity index (χ4v) is 3.95. The third kappa shape index (κ3) is 5.68. The second kappa shape index (κ2) is 9.11. The van der Waals surface area contributed by atoms with E-state index in [1.54, 1.807) is 41.9 Å². The summed E-state index contributed by atoms with van der Waals surface area (Å²) in [5.41, 5.74) is 1.17. The number of imidazole rings is 1. The predicted molar refractivity (Wildman–Crippen MR) is 116 cm³/mol. The minimum atomic E-state index is -0.541. The number of thiophene rings is 1. The molecule has 0 radical (unpaired) electrons. The molecule has 0 bridgehead atoms. The Labute approximate surface area is 179 Å². The Morgan fingerprint density at radius 2 is 2.10 bits per heavy atom. The van der Waals surface area contributed by atoms with Crippen LogP contribution in [0.4, 0.5) is 4.79 Å². The van der Waals surface area contributed by atoms with Gasteiger partial charge in [0.1, 0.15) is 5.60 Å². The van der Waals surface area contributed by atoms with Gasteiger partial charge in [-0.3, -0.25) is 4.98 Å². The number of carbonyl (C=O) groups is 1. The molecule has 0 spiro atoms. The van der Waals surface area contributed by atoms with Crippen molar-refractivity contribution in [1.82, 2.24) is 19.4 Å². The molecule has 0 aliphatic rings. The number of nitrogens with zero attached hydrogens (tertiary/aromatic N) is 4. The number of methoxy groups -OCH3 is 1. The van der Waals surface area contributed by atoms with E-state index in [1.807, 2.05) is 37.6 Å². The lowest BCUT2D eigenvalue weighted by molar-refractivity contribution is 0.0195. The number of halogens is 1. The summed E-state index contributed by atoms with van der Waals surface area (Å²) in [4.78, 5) is 24.0. The van der Waals surface area contributed by atoms with Crippen LogP contribution in [0.5, 0.6) is 0 Å². The highest BCUT2D eigenvalue weighted by atomic mass is 35.5. The molecule has 0 N–H and O–H groups in total. The molecule has 0 unspecified atom stereocenters. The number of aromatic nitrogens is 3. The van der Waals surface area contributed by atoms with Crippen molar-refractivity contribution in [1.29, 1.82) is 0 Å². The molecule has 0 saturated heterocycles. The van der Waals surface area contributed by atoms with E-state index in [9.17, 15) is 4.79 Å². The summed E-state index contributed by atoms with van der Waals surface area (Å²) in [5, 5.41) is 0.692. The number of hydrogen-bond donors (Lipinski definition) is 0. The third-order valence-corrected chi connectivity index (χ3v) is 5.70. The Hall–Kier alpha value is -2.16. The van der Waals surface area contributed by atoms with E-state index in [4.69, 9.17) is 21.1 Å². The average Bonchev–Trinajstić information content (AvgIpc) is 3.27. The van der Waals surface area contributed by atoms with Gasteiger partial charge in [-0.15, -0.1) is 11.3 Å². The molecule has 0 aromatic carbocycles. The van der Waals surface area contributed by atoms with Gasteiger partial charge in [-0.05, 0) is 32.9 Å². The first-order valence-electron chi connectivity index (χ1n) is 9.30. The minimum absolute atomic E-state index is 0.347. The van der Waals surface area contributed by atoms with Crippen molar-refractivity contribution in [2.24, 2.45) is 0 Å². The second-order valence-electron chi connectivity index (χ2n) is 7.57. The van der Waals surface area contributed by atoms with E-state index in [1.165, 1.54) is 0 Å². The summed E-state index contributed by atoms with van der Waals surface area (Å²) >= 11 is 7.82. The van der Waals surface area contributed by atoms with Gasteiger partial charge >= 0.3 is 6.09 Å². The number of hydrogen-bond acceptors (Lipinski definition) is 6. The van der Waals surface area contributed by atoms with Crippen molar-refractivity contribution in [3.63, 3.8) is 0 Å². The van der Waals surface area contributed by atoms with Crippen LogP contribution in [0.1, 0.15) is 20.8 Å². The van der Waals surface area contributed by atoms with E-state index >= 15 is 0 Å². The Morgan fingerprint density at radius 3 is 2.79 bits per heavy atom. The number of fused-ring (bicyclic) bond motifs is 1. The molecular weight excluding hydrogens is 412 g/mol. The number of ether oxygens (including phenoxy) is 2. The standard InChI is InChI=1S/C20H25ClN4O3S/c1-20(2,3)28-19(26)25(9-10-27-4)8-7-24-12-16(23-13-24)17-11-15-18(29-17)14(21)5-6-22-15/h5-6,11-13H,7-10H2,1-4H3. The first kappa shape index (κ1) is 21.5. The monoisotopic (exact) mass is 436 g/mol. The molecule has 3 rings (SSSR count). The maximum absolute atomic E-state index is 12.4. The summed E-state index contributed by atoms with van der Waals surface area (Å²) in [6, 6.07) is 3.78. The maximum atomic E-state index is 12.4. The van der Waals surface area contributed by atoms with Crippen molar-refractivity contribution >= 4 is 39.2 Å². The highest BCUT2D eigenvalue weighted by Gasteiger charge is 2.22. The quantitative estimate of drug-likeness (QED) is 0.537. The average molecular weight is 437 g/mol. The smallest absolute Gasteiger partial charge is 0.410 e. The Balaban J connectivity index is 1.68. The minimum Gasteiger partial charge on any atom is -0.444 e. The zero-order valence-electron chi connectivity index (χ0n) is 17.0. The van der Waals surface area contributed by atoms with Crippen LogP contribution in [-0.4, -0.2) is 57.9 Å². The van der Waals surface area contributed by atoms with Gasteiger partial charge < -0.3 is 18.9 Å². The molecule has 0 fully saturated rings. The van der Waals surface area contributed by atoms with Crippen molar-refractivity contribution in [3.05, 3.63) is 35.9 Å². The van der Waals surface area contributed by atoms with E-state index in [0.29, 0.717) is 31.3 Å². The van der Waals surface area contributed by atoms with Gasteiger partial charge in [-0.25, -0.2) is 9.78 Å². The SMILES string of the molecule is COCCN(CCn1cnc(-c2cc3nccc(Cl)c3s2)c1)C(=O)OC(C)(C)C. The molecule has 3 aromatic heterocycles. The van der Waals surface area contributed by atoms with Crippen LogP contribution >= 0.6 is 22.9 Å². The molecule has 156 valence electrons. The van der Waals surface area contributed by atoms with Gasteiger partial charge in [0, 0.05) is 39.1 Å². The van der Waals surface area contributed by atoms with Crippen LogP contribution in [0.25, 0.3) is 20.8 Å². The third-order valence-electron chi connectivity index (χ3n) is 4.09. The normalized spacial score (nSPS) is 11.8. The van der Waals surface area contributed by atoms with Gasteiger partial charge in [0.2, 0.25) is 0 Å². The highest BCUT2D eigenvalue weighted by Crippen LogP contribution is 2.35. The maximum Gasteiger partial charge on any atom is 0.410 e. The fourth-order valence-electron chi connectivity index (χ4n) is 2.70. The van der Waals surface area contributed by atoms with Crippen molar-refractivity contribution in [2.45, 2.75) is 32.9 Å². The first-order valence-corrected chi connectivity index (χ1v) is 10.5. The first-order chi connectivity index (χ1) is 13.8. The van der Waals surface area contributed by atoms with Crippen LogP contribution < -0.4 is 0 Å². The molecule has 9 heteroatoms. The number of carbonyl (C=O) groups excluding carboxylic acids is 1. The van der Waals surface area contributed by atoms with Crippen molar-refractivity contribution < 1.29 is 14.3 Å². The summed E-state index contributed by atoms with van der Waals surface area (Å²) in [6.07, 6.45) is 5.08. The largest absolute Gasteiger partial charge is 0.444 e. The fraction of sp³-hybridized carbons (Fsp3) is 0.450. The zero-order chi connectivity index (χ0) is 21.0. The van der Waals surface area contributed by atoms with Gasteiger partial charge in [0.15, 0.2) is 0 Å². The van der Waals surface area contributed by atoms with Gasteiger partial charge in [-0.2, -0.15) is 0 Å². The van der Waals surface area contributed by atoms with Crippen molar-refractivity contribution in [3.8, 4) is 10.6 Å². The molecule has 0 atom stereocenters.